The number of nitrogens with zero attached hydrogens (tertiary/aromatic N) is 2. The Hall–Kier alpha value is -1.75. The monoisotopic (exact) mass is 221 g/mol. The van der Waals surface area contributed by atoms with Crippen LogP contribution in [0.1, 0.15) is 5.56 Å². The highest BCUT2D eigenvalue weighted by Gasteiger charge is 2.07. The van der Waals surface area contributed by atoms with Gasteiger partial charge in [0.1, 0.15) is 10.8 Å². The SMILES string of the molecule is NC(=S)c1cc(F)ccc1-n1ccnc1. The number of rotatable bonds is 2. The van der Waals surface area contributed by atoms with E-state index in [0.717, 1.165) is 5.69 Å². The van der Waals surface area contributed by atoms with E-state index >= 15 is 0 Å². The molecule has 0 atom stereocenters. The van der Waals surface area contributed by atoms with Gasteiger partial charge in [0.2, 0.25) is 0 Å². The summed E-state index contributed by atoms with van der Waals surface area (Å²) in [4.78, 5) is 4.07. The van der Waals surface area contributed by atoms with Gasteiger partial charge in [0.25, 0.3) is 0 Å². The Morgan fingerprint density at radius 1 is 1.47 bits per heavy atom. The first kappa shape index (κ1) is 9.79. The van der Waals surface area contributed by atoms with Gasteiger partial charge in [-0.25, -0.2) is 9.37 Å². The largest absolute Gasteiger partial charge is 0.389 e. The first-order valence-corrected chi connectivity index (χ1v) is 4.67. The van der Waals surface area contributed by atoms with E-state index in [1.807, 2.05) is 0 Å². The summed E-state index contributed by atoms with van der Waals surface area (Å²) >= 11 is 4.86. The van der Waals surface area contributed by atoms with Crippen molar-refractivity contribution in [2.75, 3.05) is 0 Å². The first-order chi connectivity index (χ1) is 7.18. The average Bonchev–Trinajstić information content (AvgIpc) is 2.70. The molecule has 2 aromatic rings. The lowest BCUT2D eigenvalue weighted by molar-refractivity contribution is 0.627. The molecule has 3 nitrogen and oxygen atoms in total. The first-order valence-electron chi connectivity index (χ1n) is 4.26. The Labute approximate surface area is 91.4 Å². The van der Waals surface area contributed by atoms with Crippen LogP contribution in [-0.2, 0) is 0 Å². The van der Waals surface area contributed by atoms with Crippen LogP contribution in [0.3, 0.4) is 0 Å². The van der Waals surface area contributed by atoms with Crippen LogP contribution in [0.2, 0.25) is 0 Å². The van der Waals surface area contributed by atoms with Crippen LogP contribution in [0.5, 0.6) is 0 Å². The molecule has 2 N–H and O–H groups in total. The van der Waals surface area contributed by atoms with Crippen molar-refractivity contribution in [3.8, 4) is 5.69 Å². The van der Waals surface area contributed by atoms with E-state index in [1.165, 1.54) is 12.1 Å². The quantitative estimate of drug-likeness (QED) is 0.784. The second-order valence-electron chi connectivity index (χ2n) is 3.00. The van der Waals surface area contributed by atoms with Crippen LogP contribution >= 0.6 is 12.2 Å². The van der Waals surface area contributed by atoms with Crippen LogP contribution in [0.25, 0.3) is 5.69 Å². The molecule has 0 spiro atoms. The van der Waals surface area contributed by atoms with Crippen molar-refractivity contribution in [3.05, 3.63) is 48.3 Å². The zero-order valence-corrected chi connectivity index (χ0v) is 8.54. The van der Waals surface area contributed by atoms with E-state index in [4.69, 9.17) is 18.0 Å². The third-order valence-corrected chi connectivity index (χ3v) is 2.23. The fraction of sp³-hybridized carbons (Fsp3) is 0. The minimum Gasteiger partial charge on any atom is -0.389 e. The van der Waals surface area contributed by atoms with Crippen molar-refractivity contribution in [3.63, 3.8) is 0 Å². The molecule has 0 saturated carbocycles. The summed E-state index contributed by atoms with van der Waals surface area (Å²) in [6.45, 7) is 0. The molecule has 1 heterocycles. The number of hydrogen-bond acceptors (Lipinski definition) is 2. The summed E-state index contributed by atoms with van der Waals surface area (Å²) < 4.78 is 14.7. The maximum absolute atomic E-state index is 13.0. The molecular weight excluding hydrogens is 213 g/mol. The van der Waals surface area contributed by atoms with Crippen LogP contribution in [-0.4, -0.2) is 14.5 Å². The average molecular weight is 221 g/mol. The van der Waals surface area contributed by atoms with Crippen molar-refractivity contribution < 1.29 is 4.39 Å². The molecule has 0 bridgehead atoms. The number of benzene rings is 1. The maximum Gasteiger partial charge on any atom is 0.124 e. The van der Waals surface area contributed by atoms with E-state index in [-0.39, 0.29) is 10.8 Å². The standard InChI is InChI=1S/C10H8FN3S/c11-7-1-2-9(8(5-7)10(12)15)14-4-3-13-6-14/h1-6H,(H2,12,15). The van der Waals surface area contributed by atoms with Gasteiger partial charge in [-0.1, -0.05) is 12.2 Å². The molecular formula is C10H8FN3S. The Morgan fingerprint density at radius 3 is 2.87 bits per heavy atom. The number of aromatic nitrogens is 2. The zero-order valence-electron chi connectivity index (χ0n) is 7.72. The third-order valence-electron chi connectivity index (χ3n) is 2.01. The smallest absolute Gasteiger partial charge is 0.124 e. The van der Waals surface area contributed by atoms with Crippen molar-refractivity contribution in [2.45, 2.75) is 0 Å². The molecule has 0 saturated heterocycles. The fourth-order valence-corrected chi connectivity index (χ4v) is 1.50. The minimum atomic E-state index is -0.360. The van der Waals surface area contributed by atoms with Gasteiger partial charge in [-0.2, -0.15) is 0 Å². The molecule has 0 fully saturated rings. The van der Waals surface area contributed by atoms with Gasteiger partial charge in [-0.3, -0.25) is 0 Å². The molecule has 76 valence electrons. The van der Waals surface area contributed by atoms with Gasteiger partial charge in [-0.05, 0) is 18.2 Å². The predicted octanol–water partition coefficient (Wildman–Crippen LogP) is 1.65. The molecule has 0 radical (unpaired) electrons. The van der Waals surface area contributed by atoms with Gasteiger partial charge < -0.3 is 10.3 Å². The van der Waals surface area contributed by atoms with E-state index < -0.39 is 0 Å². The molecule has 2 rings (SSSR count). The summed E-state index contributed by atoms with van der Waals surface area (Å²) in [6.07, 6.45) is 4.98. The number of hydrogen-bond donors (Lipinski definition) is 1. The highest BCUT2D eigenvalue weighted by atomic mass is 32.1. The molecule has 5 heteroatoms. The van der Waals surface area contributed by atoms with Crippen molar-refractivity contribution >= 4 is 17.2 Å². The minimum absolute atomic E-state index is 0.165. The predicted molar refractivity (Wildman–Crippen MR) is 59.4 cm³/mol. The second-order valence-corrected chi connectivity index (χ2v) is 3.44. The summed E-state index contributed by atoms with van der Waals surface area (Å²) in [7, 11) is 0. The van der Waals surface area contributed by atoms with Crippen LogP contribution in [0.15, 0.2) is 36.9 Å². The third kappa shape index (κ3) is 1.87. The second kappa shape index (κ2) is 3.78. The lowest BCUT2D eigenvalue weighted by atomic mass is 10.1. The molecule has 0 aliphatic rings. The summed E-state index contributed by atoms with van der Waals surface area (Å²) in [6, 6.07) is 4.29. The van der Waals surface area contributed by atoms with E-state index in [1.54, 1.807) is 29.4 Å². The zero-order chi connectivity index (χ0) is 10.8. The van der Waals surface area contributed by atoms with Crippen molar-refractivity contribution in [1.29, 1.82) is 0 Å². The number of thiocarbonyl (C=S) groups is 1. The molecule has 0 aliphatic carbocycles. The number of nitrogens with two attached hydrogens (primary N) is 1. The molecule has 1 aromatic carbocycles. The van der Waals surface area contributed by atoms with Gasteiger partial charge in [0, 0.05) is 18.0 Å². The Kier molecular flexibility index (Phi) is 2.47. The van der Waals surface area contributed by atoms with E-state index in [0.29, 0.717) is 5.56 Å². The highest BCUT2D eigenvalue weighted by molar-refractivity contribution is 7.80. The number of halogens is 1. The summed E-state index contributed by atoms with van der Waals surface area (Å²) in [5.74, 6) is -0.360. The van der Waals surface area contributed by atoms with Crippen LogP contribution < -0.4 is 5.73 Å². The fourth-order valence-electron chi connectivity index (χ4n) is 1.33. The van der Waals surface area contributed by atoms with Crippen molar-refractivity contribution in [1.82, 2.24) is 9.55 Å². The van der Waals surface area contributed by atoms with Gasteiger partial charge in [0.15, 0.2) is 0 Å². The topological polar surface area (TPSA) is 43.8 Å². The lowest BCUT2D eigenvalue weighted by Gasteiger charge is -2.08. The molecule has 0 aliphatic heterocycles. The highest BCUT2D eigenvalue weighted by Crippen LogP contribution is 2.15. The van der Waals surface area contributed by atoms with E-state index in [9.17, 15) is 4.39 Å². The Morgan fingerprint density at radius 2 is 2.27 bits per heavy atom. The van der Waals surface area contributed by atoms with Gasteiger partial charge >= 0.3 is 0 Å². The summed E-state index contributed by atoms with van der Waals surface area (Å²) in [5, 5.41) is 0. The molecule has 0 amide bonds. The van der Waals surface area contributed by atoms with Crippen LogP contribution in [0.4, 0.5) is 4.39 Å². The van der Waals surface area contributed by atoms with Crippen LogP contribution in [0, 0.1) is 5.82 Å². The maximum atomic E-state index is 13.0. The lowest BCUT2D eigenvalue weighted by Crippen LogP contribution is -2.13. The van der Waals surface area contributed by atoms with Crippen molar-refractivity contribution in [2.24, 2.45) is 5.73 Å². The Bertz CT molecular complexity index is 493. The Balaban J connectivity index is 2.61. The molecule has 0 unspecified atom stereocenters. The molecule has 15 heavy (non-hydrogen) atoms. The summed E-state index contributed by atoms with van der Waals surface area (Å²) in [5.41, 5.74) is 6.75. The number of imidazole rings is 1. The van der Waals surface area contributed by atoms with E-state index in [2.05, 4.69) is 4.98 Å². The normalized spacial score (nSPS) is 10.2. The molecule has 1 aromatic heterocycles. The van der Waals surface area contributed by atoms with Gasteiger partial charge in [0.05, 0.1) is 12.0 Å². The van der Waals surface area contributed by atoms with Gasteiger partial charge in [-0.15, -0.1) is 0 Å².